The van der Waals surface area contributed by atoms with Gasteiger partial charge in [-0.3, -0.25) is 4.90 Å². The standard InChI is InChI=1S/C15H19NO5/c1-16(7-10(17)9-20-2)8-12-11-5-3-4-6-13(11)21-14(12)15(18)19/h3-6,10,17H,7-9H2,1-2H3,(H,18,19). The number of furan rings is 1. The maximum Gasteiger partial charge on any atom is 0.372 e. The summed E-state index contributed by atoms with van der Waals surface area (Å²) in [6.45, 7) is 0.994. The minimum Gasteiger partial charge on any atom is -0.475 e. The molecule has 1 aromatic heterocycles. The monoisotopic (exact) mass is 293 g/mol. The molecule has 114 valence electrons. The molecule has 2 aromatic rings. The number of carboxylic acids is 1. The second-order valence-electron chi connectivity index (χ2n) is 5.02. The lowest BCUT2D eigenvalue weighted by molar-refractivity contribution is 0.0417. The second-order valence-corrected chi connectivity index (χ2v) is 5.02. The molecule has 2 N–H and O–H groups in total. The molecule has 1 atom stereocenters. The van der Waals surface area contributed by atoms with Crippen LogP contribution in [-0.4, -0.2) is 54.5 Å². The predicted octanol–water partition coefficient (Wildman–Crippen LogP) is 1.57. The Bertz CT molecular complexity index is 622. The molecule has 6 heteroatoms. The van der Waals surface area contributed by atoms with Crippen LogP contribution in [0, 0.1) is 0 Å². The molecule has 1 heterocycles. The van der Waals surface area contributed by atoms with Crippen molar-refractivity contribution in [3.63, 3.8) is 0 Å². The first kappa shape index (κ1) is 15.5. The summed E-state index contributed by atoms with van der Waals surface area (Å²) in [7, 11) is 3.33. The molecular weight excluding hydrogens is 274 g/mol. The Labute approximate surface area is 122 Å². The number of carbonyl (C=O) groups is 1. The molecule has 6 nitrogen and oxygen atoms in total. The van der Waals surface area contributed by atoms with Gasteiger partial charge in [-0.2, -0.15) is 0 Å². The van der Waals surface area contributed by atoms with E-state index in [1.165, 1.54) is 7.11 Å². The van der Waals surface area contributed by atoms with Gasteiger partial charge < -0.3 is 19.4 Å². The van der Waals surface area contributed by atoms with Crippen LogP contribution in [0.5, 0.6) is 0 Å². The maximum atomic E-state index is 11.3. The fourth-order valence-corrected chi connectivity index (χ4v) is 2.37. The zero-order valence-electron chi connectivity index (χ0n) is 12.1. The van der Waals surface area contributed by atoms with Crippen molar-refractivity contribution >= 4 is 16.9 Å². The van der Waals surface area contributed by atoms with Gasteiger partial charge in [0.2, 0.25) is 5.76 Å². The number of aliphatic hydroxyl groups is 1. The number of ether oxygens (including phenoxy) is 1. The lowest BCUT2D eigenvalue weighted by Crippen LogP contribution is -2.31. The van der Waals surface area contributed by atoms with E-state index in [9.17, 15) is 15.0 Å². The number of aliphatic hydroxyl groups excluding tert-OH is 1. The predicted molar refractivity (Wildman–Crippen MR) is 77.4 cm³/mol. The third-order valence-corrected chi connectivity index (χ3v) is 3.20. The van der Waals surface area contributed by atoms with Gasteiger partial charge in [-0.05, 0) is 13.1 Å². The van der Waals surface area contributed by atoms with Gasteiger partial charge in [0.25, 0.3) is 0 Å². The van der Waals surface area contributed by atoms with Crippen LogP contribution in [0.4, 0.5) is 0 Å². The van der Waals surface area contributed by atoms with Gasteiger partial charge in [0.05, 0.1) is 12.7 Å². The van der Waals surface area contributed by atoms with E-state index in [0.717, 1.165) is 5.39 Å². The fraction of sp³-hybridized carbons (Fsp3) is 0.400. The Morgan fingerprint density at radius 1 is 1.43 bits per heavy atom. The molecule has 0 aliphatic heterocycles. The first-order valence-corrected chi connectivity index (χ1v) is 6.62. The van der Waals surface area contributed by atoms with Crippen molar-refractivity contribution in [3.05, 3.63) is 35.6 Å². The zero-order chi connectivity index (χ0) is 15.4. The Morgan fingerprint density at radius 3 is 2.81 bits per heavy atom. The van der Waals surface area contributed by atoms with Crippen LogP contribution in [-0.2, 0) is 11.3 Å². The van der Waals surface area contributed by atoms with Crippen molar-refractivity contribution in [3.8, 4) is 0 Å². The smallest absolute Gasteiger partial charge is 0.372 e. The van der Waals surface area contributed by atoms with Gasteiger partial charge in [-0.1, -0.05) is 18.2 Å². The highest BCUT2D eigenvalue weighted by atomic mass is 16.5. The molecular formula is C15H19NO5. The summed E-state index contributed by atoms with van der Waals surface area (Å²) >= 11 is 0. The molecule has 0 fully saturated rings. The van der Waals surface area contributed by atoms with Crippen molar-refractivity contribution in [1.82, 2.24) is 4.90 Å². The zero-order valence-corrected chi connectivity index (χ0v) is 12.1. The van der Waals surface area contributed by atoms with E-state index in [1.807, 2.05) is 24.1 Å². The van der Waals surface area contributed by atoms with Crippen LogP contribution in [0.2, 0.25) is 0 Å². The van der Waals surface area contributed by atoms with Crippen LogP contribution in [0.15, 0.2) is 28.7 Å². The number of fused-ring (bicyclic) bond motifs is 1. The van der Waals surface area contributed by atoms with Gasteiger partial charge in [-0.15, -0.1) is 0 Å². The van der Waals surface area contributed by atoms with E-state index in [4.69, 9.17) is 9.15 Å². The Kier molecular flexibility index (Phi) is 4.95. The average Bonchev–Trinajstić information content (AvgIpc) is 2.78. The van der Waals surface area contributed by atoms with Gasteiger partial charge in [0.15, 0.2) is 0 Å². The highest BCUT2D eigenvalue weighted by Gasteiger charge is 2.21. The lowest BCUT2D eigenvalue weighted by Gasteiger charge is -2.19. The summed E-state index contributed by atoms with van der Waals surface area (Å²) in [4.78, 5) is 13.2. The number of carboxylic acid groups (broad SMARTS) is 1. The molecule has 0 spiro atoms. The molecule has 21 heavy (non-hydrogen) atoms. The lowest BCUT2D eigenvalue weighted by atomic mass is 10.1. The van der Waals surface area contributed by atoms with E-state index in [2.05, 4.69) is 0 Å². The highest BCUT2D eigenvalue weighted by Crippen LogP contribution is 2.27. The van der Waals surface area contributed by atoms with E-state index in [0.29, 0.717) is 24.2 Å². The quantitative estimate of drug-likeness (QED) is 0.806. The van der Waals surface area contributed by atoms with Crippen LogP contribution >= 0.6 is 0 Å². The molecule has 1 aromatic carbocycles. The number of methoxy groups -OCH3 is 1. The summed E-state index contributed by atoms with van der Waals surface area (Å²) < 4.78 is 10.3. The van der Waals surface area contributed by atoms with Crippen molar-refractivity contribution < 1.29 is 24.2 Å². The first-order chi connectivity index (χ1) is 10.0. The fourth-order valence-electron chi connectivity index (χ4n) is 2.37. The number of hydrogen-bond acceptors (Lipinski definition) is 5. The SMILES string of the molecule is COCC(O)CN(C)Cc1c(C(=O)O)oc2ccccc12. The van der Waals surface area contributed by atoms with Crippen LogP contribution in [0.3, 0.4) is 0 Å². The van der Waals surface area contributed by atoms with E-state index in [-0.39, 0.29) is 12.4 Å². The number of nitrogens with zero attached hydrogens (tertiary/aromatic N) is 1. The average molecular weight is 293 g/mol. The van der Waals surface area contributed by atoms with E-state index in [1.54, 1.807) is 12.1 Å². The number of rotatable bonds is 7. The molecule has 2 rings (SSSR count). The van der Waals surface area contributed by atoms with E-state index < -0.39 is 12.1 Å². The Balaban J connectivity index is 2.24. The summed E-state index contributed by atoms with van der Waals surface area (Å²) in [5.41, 5.74) is 1.17. The maximum absolute atomic E-state index is 11.3. The molecule has 0 amide bonds. The molecule has 1 unspecified atom stereocenters. The van der Waals surface area contributed by atoms with Crippen LogP contribution < -0.4 is 0 Å². The summed E-state index contributed by atoms with van der Waals surface area (Å²) in [6.07, 6.45) is -0.619. The largest absolute Gasteiger partial charge is 0.475 e. The molecule has 0 aliphatic carbocycles. The Hall–Kier alpha value is -1.89. The number of hydrogen-bond donors (Lipinski definition) is 2. The third kappa shape index (κ3) is 3.60. The van der Waals surface area contributed by atoms with Gasteiger partial charge >= 0.3 is 5.97 Å². The molecule has 0 bridgehead atoms. The summed E-state index contributed by atoms with van der Waals surface area (Å²) in [5, 5.41) is 19.8. The van der Waals surface area contributed by atoms with Gasteiger partial charge in [-0.25, -0.2) is 4.79 Å². The minimum atomic E-state index is -1.09. The number of benzene rings is 1. The van der Waals surface area contributed by atoms with Crippen molar-refractivity contribution in [2.45, 2.75) is 12.6 Å². The molecule has 0 aliphatic rings. The van der Waals surface area contributed by atoms with Crippen LogP contribution in [0.25, 0.3) is 11.0 Å². The normalized spacial score (nSPS) is 13.0. The van der Waals surface area contributed by atoms with Crippen molar-refractivity contribution in [2.24, 2.45) is 0 Å². The molecule has 0 saturated carbocycles. The first-order valence-electron chi connectivity index (χ1n) is 6.62. The number of para-hydroxylation sites is 1. The van der Waals surface area contributed by atoms with Gasteiger partial charge in [0.1, 0.15) is 5.58 Å². The minimum absolute atomic E-state index is 0.0516. The topological polar surface area (TPSA) is 83.1 Å². The van der Waals surface area contributed by atoms with E-state index >= 15 is 0 Å². The van der Waals surface area contributed by atoms with Crippen molar-refractivity contribution in [2.75, 3.05) is 27.3 Å². The summed E-state index contributed by atoms with van der Waals surface area (Å²) in [6, 6.07) is 7.21. The summed E-state index contributed by atoms with van der Waals surface area (Å²) in [5.74, 6) is -1.14. The van der Waals surface area contributed by atoms with Gasteiger partial charge in [0, 0.05) is 31.1 Å². The number of aromatic carboxylic acids is 1. The number of likely N-dealkylation sites (N-methyl/N-ethyl adjacent to an activating group) is 1. The second kappa shape index (κ2) is 6.71. The van der Waals surface area contributed by atoms with Crippen molar-refractivity contribution in [1.29, 1.82) is 0 Å². The molecule has 0 saturated heterocycles. The third-order valence-electron chi connectivity index (χ3n) is 3.20. The Morgan fingerprint density at radius 2 is 2.14 bits per heavy atom. The molecule has 0 radical (unpaired) electrons. The highest BCUT2D eigenvalue weighted by molar-refractivity contribution is 5.95. The van der Waals surface area contributed by atoms with Crippen LogP contribution in [0.1, 0.15) is 16.1 Å².